The van der Waals surface area contributed by atoms with Crippen molar-refractivity contribution >= 4 is 29.3 Å². The van der Waals surface area contributed by atoms with Gasteiger partial charge in [-0.15, -0.1) is 10.2 Å². The average molecular weight is 430 g/mol. The smallest absolute Gasteiger partial charge is 0.230 e. The van der Waals surface area contributed by atoms with Gasteiger partial charge >= 0.3 is 0 Å². The lowest BCUT2D eigenvalue weighted by Gasteiger charge is -2.14. The molecule has 0 bridgehead atoms. The molecule has 1 aliphatic rings. The zero-order valence-corrected chi connectivity index (χ0v) is 18.8. The summed E-state index contributed by atoms with van der Waals surface area (Å²) < 4.78 is 2.02. The molecule has 1 aliphatic carbocycles. The minimum absolute atomic E-state index is 0.0125. The van der Waals surface area contributed by atoms with Crippen molar-refractivity contribution in [2.75, 3.05) is 11.1 Å². The van der Waals surface area contributed by atoms with Gasteiger partial charge in [-0.3, -0.25) is 14.2 Å². The number of carbonyl (C=O) groups excluding carboxylic acids is 2. The summed E-state index contributed by atoms with van der Waals surface area (Å²) in [5, 5.41) is 15.4. The number of hydrogen-bond acceptors (Lipinski definition) is 5. The fourth-order valence-corrected chi connectivity index (χ4v) is 4.14. The van der Waals surface area contributed by atoms with Gasteiger partial charge in [0.05, 0.1) is 11.4 Å². The molecule has 0 radical (unpaired) electrons. The molecule has 3 rings (SSSR count). The molecule has 30 heavy (non-hydrogen) atoms. The number of rotatable bonds is 11. The Balaban J connectivity index is 1.69. The molecule has 0 aliphatic heterocycles. The molecule has 1 aromatic heterocycles. The highest BCUT2D eigenvalue weighted by Crippen LogP contribution is 2.41. The van der Waals surface area contributed by atoms with Gasteiger partial charge in [-0.25, -0.2) is 0 Å². The Labute approximate surface area is 182 Å². The largest absolute Gasteiger partial charge is 0.353 e. The minimum Gasteiger partial charge on any atom is -0.353 e. The van der Waals surface area contributed by atoms with Crippen LogP contribution in [0.3, 0.4) is 0 Å². The quantitative estimate of drug-likeness (QED) is 0.411. The lowest BCUT2D eigenvalue weighted by Crippen LogP contribution is -2.33. The summed E-state index contributed by atoms with van der Waals surface area (Å²) in [7, 11) is 0. The van der Waals surface area contributed by atoms with Gasteiger partial charge in [-0.1, -0.05) is 44.0 Å². The van der Waals surface area contributed by atoms with Crippen LogP contribution in [0.2, 0.25) is 0 Å². The van der Waals surface area contributed by atoms with Crippen LogP contribution in [0.1, 0.15) is 71.0 Å². The molecular formula is C22H31N5O2S. The van der Waals surface area contributed by atoms with Crippen molar-refractivity contribution in [2.45, 2.75) is 76.4 Å². The number of nitrogens with one attached hydrogen (secondary N) is 2. The van der Waals surface area contributed by atoms with Gasteiger partial charge in [0.2, 0.25) is 11.8 Å². The highest BCUT2D eigenvalue weighted by atomic mass is 32.2. The monoisotopic (exact) mass is 429 g/mol. The van der Waals surface area contributed by atoms with E-state index in [1.54, 1.807) is 0 Å². The third-order valence-corrected chi connectivity index (χ3v) is 5.93. The van der Waals surface area contributed by atoms with E-state index >= 15 is 0 Å². The van der Waals surface area contributed by atoms with E-state index in [-0.39, 0.29) is 17.9 Å². The number of aromatic nitrogens is 3. The van der Waals surface area contributed by atoms with E-state index in [1.807, 2.05) is 28.8 Å². The Morgan fingerprint density at radius 3 is 2.77 bits per heavy atom. The number of hydrogen-bond donors (Lipinski definition) is 2. The Morgan fingerprint density at radius 1 is 1.27 bits per heavy atom. The van der Waals surface area contributed by atoms with Crippen LogP contribution >= 0.6 is 11.8 Å². The third kappa shape index (κ3) is 6.32. The van der Waals surface area contributed by atoms with E-state index in [9.17, 15) is 9.59 Å². The van der Waals surface area contributed by atoms with Crippen molar-refractivity contribution < 1.29 is 9.59 Å². The fraction of sp³-hybridized carbons (Fsp3) is 0.545. The molecule has 1 aromatic carbocycles. The number of thioether (sulfide) groups is 1. The van der Waals surface area contributed by atoms with Crippen molar-refractivity contribution in [3.05, 3.63) is 30.1 Å². The molecule has 0 saturated heterocycles. The summed E-state index contributed by atoms with van der Waals surface area (Å²) in [5.41, 5.74) is 1.62. The van der Waals surface area contributed by atoms with Crippen LogP contribution in [-0.2, 0) is 9.59 Å². The predicted octanol–water partition coefficient (Wildman–Crippen LogP) is 4.28. The lowest BCUT2D eigenvalue weighted by atomic mass is 10.1. The molecule has 8 heteroatoms. The first-order chi connectivity index (χ1) is 14.5. The van der Waals surface area contributed by atoms with Crippen molar-refractivity contribution in [1.29, 1.82) is 0 Å². The summed E-state index contributed by atoms with van der Waals surface area (Å²) in [6.45, 7) is 5.72. The SMILES string of the molecule is CCCCCC(C)NC(=O)CSc1nnc(C2CC2)n1-c1cccc(NC(C)=O)c1. The number of benzene rings is 1. The minimum atomic E-state index is -0.113. The molecule has 1 unspecified atom stereocenters. The predicted molar refractivity (Wildman–Crippen MR) is 120 cm³/mol. The van der Waals surface area contributed by atoms with E-state index in [1.165, 1.54) is 31.5 Å². The van der Waals surface area contributed by atoms with E-state index < -0.39 is 0 Å². The van der Waals surface area contributed by atoms with Crippen LogP contribution in [0.15, 0.2) is 29.4 Å². The highest BCUT2D eigenvalue weighted by molar-refractivity contribution is 7.99. The van der Waals surface area contributed by atoms with Crippen molar-refractivity contribution in [2.24, 2.45) is 0 Å². The molecule has 0 spiro atoms. The van der Waals surface area contributed by atoms with Crippen LogP contribution < -0.4 is 10.6 Å². The first kappa shape index (κ1) is 22.3. The van der Waals surface area contributed by atoms with Gasteiger partial charge in [-0.05, 0) is 44.4 Å². The number of unbranched alkanes of at least 4 members (excludes halogenated alkanes) is 2. The second-order valence-corrected chi connectivity index (χ2v) is 8.88. The first-order valence-electron chi connectivity index (χ1n) is 10.7. The van der Waals surface area contributed by atoms with Crippen LogP contribution in [-0.4, -0.2) is 38.4 Å². The van der Waals surface area contributed by atoms with E-state index in [0.29, 0.717) is 16.8 Å². The molecule has 7 nitrogen and oxygen atoms in total. The van der Waals surface area contributed by atoms with Crippen LogP contribution in [0, 0.1) is 0 Å². The molecule has 1 fully saturated rings. The number of amides is 2. The number of nitrogens with zero attached hydrogens (tertiary/aromatic N) is 3. The molecule has 2 amide bonds. The summed E-state index contributed by atoms with van der Waals surface area (Å²) in [6, 6.07) is 7.82. The van der Waals surface area contributed by atoms with Gasteiger partial charge in [-0.2, -0.15) is 0 Å². The summed E-state index contributed by atoms with van der Waals surface area (Å²) >= 11 is 1.40. The van der Waals surface area contributed by atoms with Gasteiger partial charge < -0.3 is 10.6 Å². The van der Waals surface area contributed by atoms with E-state index in [0.717, 1.165) is 42.9 Å². The summed E-state index contributed by atoms with van der Waals surface area (Å²) in [5.74, 6) is 1.53. The second-order valence-electron chi connectivity index (χ2n) is 7.93. The topological polar surface area (TPSA) is 88.9 Å². The van der Waals surface area contributed by atoms with Crippen molar-refractivity contribution in [3.8, 4) is 5.69 Å². The molecule has 2 aromatic rings. The number of carbonyl (C=O) groups is 2. The normalized spacial score (nSPS) is 14.4. The maximum Gasteiger partial charge on any atom is 0.230 e. The maximum atomic E-state index is 12.4. The standard InChI is InChI=1S/C22H31N5O2S/c1-4-5-6-8-15(2)23-20(29)14-30-22-26-25-21(17-11-12-17)27(22)19-10-7-9-18(13-19)24-16(3)28/h7,9-10,13,15,17H,4-6,8,11-12,14H2,1-3H3,(H,23,29)(H,24,28). The van der Waals surface area contributed by atoms with Crippen LogP contribution in [0.5, 0.6) is 0 Å². The van der Waals surface area contributed by atoms with Gasteiger partial charge in [0.1, 0.15) is 5.82 Å². The second kappa shape index (κ2) is 10.6. The Kier molecular flexibility index (Phi) is 7.90. The summed E-state index contributed by atoms with van der Waals surface area (Å²) in [4.78, 5) is 23.8. The van der Waals surface area contributed by atoms with Crippen LogP contribution in [0.4, 0.5) is 5.69 Å². The zero-order valence-electron chi connectivity index (χ0n) is 18.0. The van der Waals surface area contributed by atoms with Gasteiger partial charge in [0.15, 0.2) is 5.16 Å². The Bertz CT molecular complexity index is 878. The zero-order chi connectivity index (χ0) is 21.5. The number of anilines is 1. The van der Waals surface area contributed by atoms with E-state index in [4.69, 9.17) is 0 Å². The maximum absolute atomic E-state index is 12.4. The molecule has 2 N–H and O–H groups in total. The molecule has 1 heterocycles. The van der Waals surface area contributed by atoms with Gasteiger partial charge in [0, 0.05) is 24.6 Å². The molecule has 162 valence electrons. The Hall–Kier alpha value is -2.35. The fourth-order valence-electron chi connectivity index (χ4n) is 3.37. The highest BCUT2D eigenvalue weighted by Gasteiger charge is 2.31. The van der Waals surface area contributed by atoms with Crippen LogP contribution in [0.25, 0.3) is 5.69 Å². The van der Waals surface area contributed by atoms with Gasteiger partial charge in [0.25, 0.3) is 0 Å². The lowest BCUT2D eigenvalue weighted by molar-refractivity contribution is -0.119. The molecular weight excluding hydrogens is 398 g/mol. The van der Waals surface area contributed by atoms with Crippen molar-refractivity contribution in [1.82, 2.24) is 20.1 Å². The third-order valence-electron chi connectivity index (χ3n) is 5.01. The Morgan fingerprint density at radius 2 is 2.07 bits per heavy atom. The molecule has 1 atom stereocenters. The average Bonchev–Trinajstić information content (AvgIpc) is 3.45. The van der Waals surface area contributed by atoms with E-state index in [2.05, 4.69) is 34.7 Å². The van der Waals surface area contributed by atoms with Crippen molar-refractivity contribution in [3.63, 3.8) is 0 Å². The summed E-state index contributed by atoms with van der Waals surface area (Å²) in [6.07, 6.45) is 6.71. The molecule has 1 saturated carbocycles. The first-order valence-corrected chi connectivity index (χ1v) is 11.7.